The van der Waals surface area contributed by atoms with Gasteiger partial charge in [-0.2, -0.15) is 0 Å². The highest BCUT2D eigenvalue weighted by molar-refractivity contribution is 6.02. The molecule has 1 rings (SSSR count). The summed E-state index contributed by atoms with van der Waals surface area (Å²) in [7, 11) is 0. The summed E-state index contributed by atoms with van der Waals surface area (Å²) in [6.45, 7) is 6.36. The highest BCUT2D eigenvalue weighted by Crippen LogP contribution is 2.19. The summed E-state index contributed by atoms with van der Waals surface area (Å²) in [6, 6.07) is -1.07. The maximum Gasteiger partial charge on any atom is 0.408 e. The molecule has 0 aromatic rings. The summed E-state index contributed by atoms with van der Waals surface area (Å²) in [5, 5.41) is 11.3. The van der Waals surface area contributed by atoms with Gasteiger partial charge in [0.2, 0.25) is 11.8 Å². The number of alkyl carbamates (subject to hydrolysis) is 1. The van der Waals surface area contributed by atoms with Gasteiger partial charge in [-0.05, 0) is 19.8 Å². The van der Waals surface area contributed by atoms with Crippen molar-refractivity contribution >= 4 is 23.9 Å². The van der Waals surface area contributed by atoms with Crippen LogP contribution >= 0.6 is 0 Å². The Labute approximate surface area is 128 Å². The zero-order valence-corrected chi connectivity index (χ0v) is 13.2. The molecule has 22 heavy (non-hydrogen) atoms. The van der Waals surface area contributed by atoms with Crippen LogP contribution in [-0.4, -0.2) is 52.1 Å². The molecule has 0 aromatic heterocycles. The molecule has 0 radical (unpaired) electrons. The van der Waals surface area contributed by atoms with Crippen LogP contribution in [0.4, 0.5) is 4.79 Å². The number of nitrogens with one attached hydrogen (secondary N) is 1. The molecule has 0 aliphatic carbocycles. The van der Waals surface area contributed by atoms with E-state index in [9.17, 15) is 19.2 Å². The van der Waals surface area contributed by atoms with E-state index in [0.717, 1.165) is 4.90 Å². The number of hydrogen-bond acceptors (Lipinski definition) is 5. The van der Waals surface area contributed by atoms with Crippen LogP contribution in [0.5, 0.6) is 0 Å². The van der Waals surface area contributed by atoms with Crippen molar-refractivity contribution in [3.8, 4) is 0 Å². The molecule has 124 valence electrons. The van der Waals surface area contributed by atoms with Gasteiger partial charge < -0.3 is 15.2 Å². The van der Waals surface area contributed by atoms with Gasteiger partial charge in [0.1, 0.15) is 11.6 Å². The number of nitrogens with zero attached hydrogens (tertiary/aromatic N) is 1. The SMILES string of the molecule is CC(C)[C@H](NC(=O)OC(C)(C)CN1C(=O)CCC1=O)C(=O)O. The smallest absolute Gasteiger partial charge is 0.408 e. The fraction of sp³-hybridized carbons (Fsp3) is 0.714. The van der Waals surface area contributed by atoms with E-state index in [2.05, 4.69) is 5.32 Å². The minimum Gasteiger partial charge on any atom is -0.480 e. The molecule has 3 amide bonds. The monoisotopic (exact) mass is 314 g/mol. The van der Waals surface area contributed by atoms with Crippen molar-refractivity contribution in [2.45, 2.75) is 52.2 Å². The average Bonchev–Trinajstić information content (AvgIpc) is 2.66. The molecule has 1 saturated heterocycles. The Hall–Kier alpha value is -2.12. The van der Waals surface area contributed by atoms with Gasteiger partial charge in [-0.15, -0.1) is 0 Å². The van der Waals surface area contributed by atoms with E-state index < -0.39 is 23.7 Å². The lowest BCUT2D eigenvalue weighted by Crippen LogP contribution is -2.50. The molecule has 0 spiro atoms. The topological polar surface area (TPSA) is 113 Å². The van der Waals surface area contributed by atoms with Crippen LogP contribution in [0.15, 0.2) is 0 Å². The van der Waals surface area contributed by atoms with Gasteiger partial charge in [-0.1, -0.05) is 13.8 Å². The van der Waals surface area contributed by atoms with Gasteiger partial charge >= 0.3 is 12.1 Å². The van der Waals surface area contributed by atoms with Crippen LogP contribution in [0.25, 0.3) is 0 Å². The fourth-order valence-corrected chi connectivity index (χ4v) is 2.13. The molecule has 1 fully saturated rings. The Balaban J connectivity index is 2.63. The number of carboxylic acids is 1. The molecular formula is C14H22N2O6. The van der Waals surface area contributed by atoms with Crippen molar-refractivity contribution in [2.24, 2.45) is 5.92 Å². The first-order valence-corrected chi connectivity index (χ1v) is 7.09. The summed E-state index contributed by atoms with van der Waals surface area (Å²) in [5.41, 5.74) is -1.11. The third-order valence-corrected chi connectivity index (χ3v) is 3.27. The molecule has 8 nitrogen and oxygen atoms in total. The third kappa shape index (κ3) is 4.71. The summed E-state index contributed by atoms with van der Waals surface area (Å²) < 4.78 is 5.17. The molecule has 8 heteroatoms. The van der Waals surface area contributed by atoms with Gasteiger partial charge in [0.05, 0.1) is 6.54 Å². The summed E-state index contributed by atoms with van der Waals surface area (Å²) in [5.74, 6) is -2.06. The largest absolute Gasteiger partial charge is 0.480 e. The van der Waals surface area contributed by atoms with Gasteiger partial charge in [-0.25, -0.2) is 9.59 Å². The lowest BCUT2D eigenvalue weighted by molar-refractivity contribution is -0.141. The van der Waals surface area contributed by atoms with Crippen LogP contribution in [0.1, 0.15) is 40.5 Å². The van der Waals surface area contributed by atoms with Crippen molar-refractivity contribution in [1.82, 2.24) is 10.2 Å². The molecule has 1 atom stereocenters. The first-order valence-electron chi connectivity index (χ1n) is 7.09. The number of carboxylic acid groups (broad SMARTS) is 1. The number of amides is 3. The van der Waals surface area contributed by atoms with Crippen molar-refractivity contribution < 1.29 is 29.0 Å². The summed E-state index contributed by atoms with van der Waals surface area (Å²) >= 11 is 0. The Morgan fingerprint density at radius 3 is 2.18 bits per heavy atom. The van der Waals surface area contributed by atoms with Crippen molar-refractivity contribution in [2.75, 3.05) is 6.54 Å². The van der Waals surface area contributed by atoms with Gasteiger partial charge in [0.25, 0.3) is 0 Å². The molecule has 2 N–H and O–H groups in total. The molecule has 0 aromatic carbocycles. The van der Waals surface area contributed by atoms with Crippen LogP contribution < -0.4 is 5.32 Å². The molecule has 1 aliphatic rings. The van der Waals surface area contributed by atoms with Gasteiger partial charge in [-0.3, -0.25) is 14.5 Å². The first kappa shape index (κ1) is 17.9. The zero-order valence-electron chi connectivity index (χ0n) is 13.2. The Morgan fingerprint density at radius 1 is 1.27 bits per heavy atom. The first-order chi connectivity index (χ1) is 10.0. The molecular weight excluding hydrogens is 292 g/mol. The van der Waals surface area contributed by atoms with Gasteiger partial charge in [0.15, 0.2) is 0 Å². The van der Waals surface area contributed by atoms with E-state index in [1.165, 1.54) is 0 Å². The van der Waals surface area contributed by atoms with E-state index >= 15 is 0 Å². The van der Waals surface area contributed by atoms with E-state index in [4.69, 9.17) is 9.84 Å². The van der Waals surface area contributed by atoms with Gasteiger partial charge in [0, 0.05) is 12.8 Å². The normalized spacial score (nSPS) is 16.9. The minimum atomic E-state index is -1.16. The van der Waals surface area contributed by atoms with Crippen molar-refractivity contribution in [1.29, 1.82) is 0 Å². The molecule has 1 aliphatic heterocycles. The van der Waals surface area contributed by atoms with E-state index in [0.29, 0.717) is 0 Å². The Bertz CT molecular complexity index is 470. The number of imide groups is 1. The lowest BCUT2D eigenvalue weighted by atomic mass is 10.1. The molecule has 0 saturated carbocycles. The predicted molar refractivity (Wildman–Crippen MR) is 75.9 cm³/mol. The highest BCUT2D eigenvalue weighted by Gasteiger charge is 2.36. The number of carbonyl (C=O) groups excluding carboxylic acids is 3. The average molecular weight is 314 g/mol. The maximum absolute atomic E-state index is 11.8. The Kier molecular flexibility index (Phi) is 5.51. The summed E-state index contributed by atoms with van der Waals surface area (Å²) in [4.78, 5) is 47.1. The van der Waals surface area contributed by atoms with Crippen LogP contribution in [-0.2, 0) is 19.1 Å². The maximum atomic E-state index is 11.8. The van der Waals surface area contributed by atoms with E-state index in [-0.39, 0.29) is 37.1 Å². The zero-order chi connectivity index (χ0) is 17.1. The third-order valence-electron chi connectivity index (χ3n) is 3.27. The number of carbonyl (C=O) groups is 4. The second kappa shape index (κ2) is 6.76. The Morgan fingerprint density at radius 2 is 1.77 bits per heavy atom. The number of hydrogen-bond donors (Lipinski definition) is 2. The minimum absolute atomic E-state index is 0.0580. The van der Waals surface area contributed by atoms with Crippen molar-refractivity contribution in [3.05, 3.63) is 0 Å². The number of aliphatic carboxylic acids is 1. The second-order valence-electron chi connectivity index (χ2n) is 6.23. The standard InChI is InChI=1S/C14H22N2O6/c1-8(2)11(12(19)20)15-13(21)22-14(3,4)7-16-9(17)5-6-10(16)18/h8,11H,5-7H2,1-4H3,(H,15,21)(H,19,20)/t11-/m0/s1. The van der Waals surface area contributed by atoms with E-state index in [1.807, 2.05) is 0 Å². The number of ether oxygens (including phenoxy) is 1. The summed E-state index contributed by atoms with van der Waals surface area (Å²) in [6.07, 6.45) is -0.573. The second-order valence-corrected chi connectivity index (χ2v) is 6.23. The van der Waals surface area contributed by atoms with Crippen LogP contribution in [0.3, 0.4) is 0 Å². The molecule has 1 heterocycles. The van der Waals surface area contributed by atoms with Crippen LogP contribution in [0, 0.1) is 5.92 Å². The predicted octanol–water partition coefficient (Wildman–Crippen LogP) is 0.749. The van der Waals surface area contributed by atoms with Crippen molar-refractivity contribution in [3.63, 3.8) is 0 Å². The van der Waals surface area contributed by atoms with Crippen LogP contribution in [0.2, 0.25) is 0 Å². The highest BCUT2D eigenvalue weighted by atomic mass is 16.6. The molecule has 0 bridgehead atoms. The number of likely N-dealkylation sites (tertiary alicyclic amines) is 1. The van der Waals surface area contributed by atoms with E-state index in [1.54, 1.807) is 27.7 Å². The number of rotatable bonds is 6. The fourth-order valence-electron chi connectivity index (χ4n) is 2.13. The quantitative estimate of drug-likeness (QED) is 0.699. The lowest BCUT2D eigenvalue weighted by Gasteiger charge is -2.30. The molecule has 0 unspecified atom stereocenters.